The first kappa shape index (κ1) is 13.6. The van der Waals surface area contributed by atoms with Gasteiger partial charge < -0.3 is 4.90 Å². The fraction of sp³-hybridized carbons (Fsp3) is 0.429. The molecule has 0 atom stereocenters. The van der Waals surface area contributed by atoms with Crippen LogP contribution in [-0.2, 0) is 6.54 Å². The Bertz CT molecular complexity index is 739. The summed E-state index contributed by atoms with van der Waals surface area (Å²) in [6.07, 6.45) is 4.53. The molecule has 0 aliphatic carbocycles. The van der Waals surface area contributed by atoms with Gasteiger partial charge in [0.05, 0.1) is 22.8 Å². The van der Waals surface area contributed by atoms with E-state index in [9.17, 15) is 0 Å². The van der Waals surface area contributed by atoms with Crippen LogP contribution in [0.2, 0.25) is 0 Å². The van der Waals surface area contributed by atoms with Gasteiger partial charge in [0.25, 0.3) is 0 Å². The summed E-state index contributed by atoms with van der Waals surface area (Å²) in [6.45, 7) is 5.00. The molecule has 4 heterocycles. The second-order valence-electron chi connectivity index (χ2n) is 5.43. The number of nitrogens with zero attached hydrogens (tertiary/aromatic N) is 6. The second kappa shape index (κ2) is 5.98. The standard InChI is InChI=1S/C14H17N7S/c1-2-20(7-11-8-22-10-17-11)4-5-21(3-1)14-12-6-18-19-13(12)15-9-16-14/h6,8-10H,1-5,7H2,(H,15,16,18,19). The molecule has 3 aromatic heterocycles. The summed E-state index contributed by atoms with van der Waals surface area (Å²) in [5, 5.41) is 10.1. The van der Waals surface area contributed by atoms with Gasteiger partial charge in [0.15, 0.2) is 5.65 Å². The van der Waals surface area contributed by atoms with Crippen LogP contribution < -0.4 is 4.90 Å². The Morgan fingerprint density at radius 3 is 3.05 bits per heavy atom. The summed E-state index contributed by atoms with van der Waals surface area (Å²) in [5.74, 6) is 0.981. The highest BCUT2D eigenvalue weighted by molar-refractivity contribution is 7.07. The Hall–Kier alpha value is -2.06. The molecule has 22 heavy (non-hydrogen) atoms. The molecular formula is C14H17N7S. The van der Waals surface area contributed by atoms with E-state index < -0.39 is 0 Å². The number of aromatic nitrogens is 5. The Labute approximate surface area is 132 Å². The van der Waals surface area contributed by atoms with E-state index in [4.69, 9.17) is 0 Å². The van der Waals surface area contributed by atoms with Crippen molar-refractivity contribution >= 4 is 28.2 Å². The van der Waals surface area contributed by atoms with Gasteiger partial charge in [-0.3, -0.25) is 10.00 Å². The first-order chi connectivity index (χ1) is 10.9. The van der Waals surface area contributed by atoms with Crippen molar-refractivity contribution in [3.05, 3.63) is 29.1 Å². The normalized spacial score (nSPS) is 17.0. The van der Waals surface area contributed by atoms with Gasteiger partial charge in [-0.25, -0.2) is 15.0 Å². The molecule has 8 heteroatoms. The smallest absolute Gasteiger partial charge is 0.160 e. The van der Waals surface area contributed by atoms with Crippen molar-refractivity contribution in [3.63, 3.8) is 0 Å². The van der Waals surface area contributed by atoms with Gasteiger partial charge in [0.2, 0.25) is 0 Å². The van der Waals surface area contributed by atoms with Crippen molar-refractivity contribution in [3.8, 4) is 0 Å². The molecule has 1 saturated heterocycles. The van der Waals surface area contributed by atoms with E-state index in [1.54, 1.807) is 17.7 Å². The van der Waals surface area contributed by atoms with Crippen LogP contribution in [0.5, 0.6) is 0 Å². The van der Waals surface area contributed by atoms with E-state index in [0.717, 1.165) is 61.7 Å². The van der Waals surface area contributed by atoms with E-state index in [1.807, 2.05) is 11.7 Å². The number of aromatic amines is 1. The van der Waals surface area contributed by atoms with Crippen LogP contribution in [0.3, 0.4) is 0 Å². The molecule has 0 amide bonds. The molecule has 0 aromatic carbocycles. The van der Waals surface area contributed by atoms with Gasteiger partial charge in [-0.1, -0.05) is 0 Å². The molecular weight excluding hydrogens is 298 g/mol. The molecule has 0 unspecified atom stereocenters. The molecule has 0 bridgehead atoms. The molecule has 1 N–H and O–H groups in total. The van der Waals surface area contributed by atoms with Crippen molar-refractivity contribution in [2.45, 2.75) is 13.0 Å². The number of nitrogens with one attached hydrogen (secondary N) is 1. The number of H-pyrrole nitrogens is 1. The lowest BCUT2D eigenvalue weighted by molar-refractivity contribution is 0.282. The van der Waals surface area contributed by atoms with Crippen LogP contribution >= 0.6 is 11.3 Å². The Morgan fingerprint density at radius 2 is 2.14 bits per heavy atom. The maximum Gasteiger partial charge on any atom is 0.160 e. The van der Waals surface area contributed by atoms with E-state index in [0.29, 0.717) is 0 Å². The lowest BCUT2D eigenvalue weighted by Crippen LogP contribution is -2.31. The van der Waals surface area contributed by atoms with Crippen LogP contribution in [-0.4, -0.2) is 56.2 Å². The number of fused-ring (bicyclic) bond motifs is 1. The molecule has 0 radical (unpaired) electrons. The number of hydrogen-bond acceptors (Lipinski definition) is 7. The summed E-state index contributed by atoms with van der Waals surface area (Å²) in [6, 6.07) is 0. The third-order valence-corrected chi connectivity index (χ3v) is 4.62. The summed E-state index contributed by atoms with van der Waals surface area (Å²) in [7, 11) is 0. The lowest BCUT2D eigenvalue weighted by atomic mass is 10.3. The first-order valence-electron chi connectivity index (χ1n) is 7.38. The third-order valence-electron chi connectivity index (χ3n) is 3.98. The molecule has 114 valence electrons. The quantitative estimate of drug-likeness (QED) is 0.790. The van der Waals surface area contributed by atoms with Crippen molar-refractivity contribution < 1.29 is 0 Å². The lowest BCUT2D eigenvalue weighted by Gasteiger charge is -2.22. The van der Waals surface area contributed by atoms with Crippen molar-refractivity contribution in [2.24, 2.45) is 0 Å². The van der Waals surface area contributed by atoms with Crippen LogP contribution in [0.25, 0.3) is 11.0 Å². The first-order valence-corrected chi connectivity index (χ1v) is 8.33. The van der Waals surface area contributed by atoms with Crippen molar-refractivity contribution in [1.82, 2.24) is 30.0 Å². The van der Waals surface area contributed by atoms with Gasteiger partial charge in [-0.05, 0) is 6.42 Å². The maximum atomic E-state index is 4.47. The average Bonchev–Trinajstić information content (AvgIpc) is 3.16. The van der Waals surface area contributed by atoms with Gasteiger partial charge in [-0.15, -0.1) is 11.3 Å². The van der Waals surface area contributed by atoms with E-state index in [2.05, 4.69) is 40.3 Å². The Morgan fingerprint density at radius 1 is 1.14 bits per heavy atom. The van der Waals surface area contributed by atoms with Crippen LogP contribution in [0.4, 0.5) is 5.82 Å². The molecule has 1 aliphatic rings. The largest absolute Gasteiger partial charge is 0.355 e. The summed E-state index contributed by atoms with van der Waals surface area (Å²) >= 11 is 1.66. The fourth-order valence-electron chi connectivity index (χ4n) is 2.89. The molecule has 7 nitrogen and oxygen atoms in total. The Balaban J connectivity index is 1.49. The molecule has 4 rings (SSSR count). The monoisotopic (exact) mass is 315 g/mol. The van der Waals surface area contributed by atoms with Crippen LogP contribution in [0, 0.1) is 0 Å². The highest BCUT2D eigenvalue weighted by atomic mass is 32.1. The minimum absolute atomic E-state index is 0.800. The zero-order valence-corrected chi connectivity index (χ0v) is 13.0. The zero-order valence-electron chi connectivity index (χ0n) is 12.1. The number of anilines is 1. The fourth-order valence-corrected chi connectivity index (χ4v) is 3.44. The maximum absolute atomic E-state index is 4.47. The average molecular weight is 315 g/mol. The summed E-state index contributed by atoms with van der Waals surface area (Å²) in [4.78, 5) is 17.9. The SMILES string of the molecule is c1nc(N2CCCN(Cc3cscn3)CC2)c2cn[nH]c2n1. The van der Waals surface area contributed by atoms with E-state index >= 15 is 0 Å². The third kappa shape index (κ3) is 2.67. The van der Waals surface area contributed by atoms with Gasteiger partial charge >= 0.3 is 0 Å². The van der Waals surface area contributed by atoms with Gasteiger partial charge in [0, 0.05) is 38.1 Å². The second-order valence-corrected chi connectivity index (χ2v) is 6.14. The highest BCUT2D eigenvalue weighted by Crippen LogP contribution is 2.22. The summed E-state index contributed by atoms with van der Waals surface area (Å²) in [5.41, 5.74) is 3.86. The van der Waals surface area contributed by atoms with Crippen molar-refractivity contribution in [1.29, 1.82) is 0 Å². The summed E-state index contributed by atoms with van der Waals surface area (Å²) < 4.78 is 0. The van der Waals surface area contributed by atoms with Gasteiger partial charge in [0.1, 0.15) is 12.1 Å². The van der Waals surface area contributed by atoms with Crippen LogP contribution in [0.15, 0.2) is 23.4 Å². The van der Waals surface area contributed by atoms with E-state index in [1.165, 1.54) is 0 Å². The molecule has 0 spiro atoms. The topological polar surface area (TPSA) is 73.8 Å². The predicted molar refractivity (Wildman–Crippen MR) is 85.9 cm³/mol. The number of hydrogen-bond donors (Lipinski definition) is 1. The predicted octanol–water partition coefficient (Wildman–Crippen LogP) is 1.52. The number of thiazole rings is 1. The minimum Gasteiger partial charge on any atom is -0.355 e. The number of rotatable bonds is 3. The molecule has 3 aromatic rings. The Kier molecular flexibility index (Phi) is 3.69. The van der Waals surface area contributed by atoms with Crippen molar-refractivity contribution in [2.75, 3.05) is 31.1 Å². The van der Waals surface area contributed by atoms with Gasteiger partial charge in [-0.2, -0.15) is 5.10 Å². The molecule has 1 fully saturated rings. The highest BCUT2D eigenvalue weighted by Gasteiger charge is 2.19. The zero-order chi connectivity index (χ0) is 14.8. The van der Waals surface area contributed by atoms with Crippen LogP contribution in [0.1, 0.15) is 12.1 Å². The van der Waals surface area contributed by atoms with E-state index in [-0.39, 0.29) is 0 Å². The molecule has 0 saturated carbocycles. The molecule has 1 aliphatic heterocycles. The minimum atomic E-state index is 0.800.